The second-order valence-corrected chi connectivity index (χ2v) is 10.4. The summed E-state index contributed by atoms with van der Waals surface area (Å²) in [6.07, 6.45) is 5.56. The molecule has 1 N–H and O–H groups in total. The Bertz CT molecular complexity index is 869. The molecule has 8 heteroatoms. The second-order valence-electron chi connectivity index (χ2n) is 10.4. The molecule has 1 aromatic carbocycles. The van der Waals surface area contributed by atoms with Gasteiger partial charge in [-0.05, 0) is 61.1 Å². The number of carboxylic acid groups (broad SMARTS) is 1. The molecule has 3 atom stereocenters. The van der Waals surface area contributed by atoms with Crippen LogP contribution in [0.4, 0.5) is 4.79 Å². The van der Waals surface area contributed by atoms with Crippen LogP contribution in [-0.4, -0.2) is 72.1 Å². The van der Waals surface area contributed by atoms with Crippen LogP contribution >= 0.6 is 0 Å². The average molecular weight is 489 g/mol. The van der Waals surface area contributed by atoms with Gasteiger partial charge in [-0.25, -0.2) is 4.79 Å². The monoisotopic (exact) mass is 488 g/mol. The quantitative estimate of drug-likeness (QED) is 0.574. The number of hydrogen-bond donors (Lipinski definition) is 1. The summed E-state index contributed by atoms with van der Waals surface area (Å²) in [5.41, 5.74) is 3.60. The van der Waals surface area contributed by atoms with E-state index < -0.39 is 12.2 Å². The van der Waals surface area contributed by atoms with E-state index in [2.05, 4.69) is 32.0 Å². The number of nitrogens with zero attached hydrogens (tertiary/aromatic N) is 2. The van der Waals surface area contributed by atoms with Crippen molar-refractivity contribution in [2.24, 2.45) is 5.92 Å². The van der Waals surface area contributed by atoms with Gasteiger partial charge in [-0.2, -0.15) is 0 Å². The van der Waals surface area contributed by atoms with E-state index in [-0.39, 0.29) is 37.4 Å². The summed E-state index contributed by atoms with van der Waals surface area (Å²) in [5.74, 6) is 0.126. The van der Waals surface area contributed by atoms with Crippen LogP contribution < -0.4 is 0 Å². The van der Waals surface area contributed by atoms with Crippen molar-refractivity contribution in [3.63, 3.8) is 0 Å². The highest BCUT2D eigenvalue weighted by molar-refractivity contribution is 5.82. The van der Waals surface area contributed by atoms with Crippen LogP contribution in [0.5, 0.6) is 0 Å². The Morgan fingerprint density at radius 1 is 1.14 bits per heavy atom. The molecule has 3 unspecified atom stereocenters. The molecule has 194 valence electrons. The molecule has 2 saturated heterocycles. The van der Waals surface area contributed by atoms with Crippen molar-refractivity contribution < 1.29 is 28.9 Å². The topological polar surface area (TPSA) is 88.5 Å². The second kappa shape index (κ2) is 12.2. The number of hydrogen-bond acceptors (Lipinski definition) is 5. The van der Waals surface area contributed by atoms with Gasteiger partial charge in [0.2, 0.25) is 0 Å². The Hall–Kier alpha value is -2.16. The molecular weight excluding hydrogens is 448 g/mol. The Morgan fingerprint density at radius 2 is 1.97 bits per heavy atom. The van der Waals surface area contributed by atoms with E-state index in [0.717, 1.165) is 57.1 Å². The lowest BCUT2D eigenvalue weighted by Gasteiger charge is -2.34. The predicted molar refractivity (Wildman–Crippen MR) is 131 cm³/mol. The van der Waals surface area contributed by atoms with Gasteiger partial charge in [-0.15, -0.1) is 0 Å². The third kappa shape index (κ3) is 6.96. The molecule has 2 heterocycles. The molecular formula is C27H40N2O6. The number of fused-ring (bicyclic) bond motifs is 1. The normalized spacial score (nSPS) is 25.1. The molecule has 0 aromatic heterocycles. The van der Waals surface area contributed by atoms with Crippen LogP contribution in [0.1, 0.15) is 75.2 Å². The number of benzene rings is 1. The predicted octanol–water partition coefficient (Wildman–Crippen LogP) is 4.36. The zero-order valence-electron chi connectivity index (χ0n) is 21.1. The fourth-order valence-electron chi connectivity index (χ4n) is 5.28. The number of carbonyl (C=O) groups is 2. The van der Waals surface area contributed by atoms with Crippen LogP contribution in [-0.2, 0) is 32.0 Å². The Morgan fingerprint density at radius 3 is 2.71 bits per heavy atom. The zero-order chi connectivity index (χ0) is 24.8. The Kier molecular flexibility index (Phi) is 9.03. The first-order chi connectivity index (χ1) is 16.9. The number of morpholine rings is 1. The van der Waals surface area contributed by atoms with E-state index in [9.17, 15) is 14.7 Å². The van der Waals surface area contributed by atoms with E-state index in [0.29, 0.717) is 19.6 Å². The number of carbonyl (C=O) groups excluding carboxylic acids is 1. The minimum atomic E-state index is -1.01. The SMILES string of the molecule is CC(C)CN(Cc1ccc2c(c1)C(OC1CCCCO1)CCCC2)C(=O)C1CN(C(=O)O)CCO1. The molecule has 1 aliphatic carbocycles. The number of rotatable bonds is 7. The van der Waals surface area contributed by atoms with Gasteiger partial charge in [0.15, 0.2) is 12.4 Å². The van der Waals surface area contributed by atoms with Gasteiger partial charge in [0.05, 0.1) is 19.3 Å². The molecule has 0 bridgehead atoms. The first kappa shape index (κ1) is 25.9. The fourth-order valence-corrected chi connectivity index (χ4v) is 5.28. The molecule has 4 rings (SSSR count). The van der Waals surface area contributed by atoms with Crippen LogP contribution in [0.2, 0.25) is 0 Å². The molecule has 1 aromatic rings. The smallest absolute Gasteiger partial charge is 0.407 e. The largest absolute Gasteiger partial charge is 0.465 e. The van der Waals surface area contributed by atoms with Crippen LogP contribution in [0, 0.1) is 5.92 Å². The van der Waals surface area contributed by atoms with Gasteiger partial charge < -0.3 is 29.1 Å². The summed E-state index contributed by atoms with van der Waals surface area (Å²) in [6.45, 7) is 6.57. The Balaban J connectivity index is 1.51. The summed E-state index contributed by atoms with van der Waals surface area (Å²) in [5, 5.41) is 9.36. The molecule has 0 radical (unpaired) electrons. The lowest BCUT2D eigenvalue weighted by molar-refractivity contribution is -0.191. The highest BCUT2D eigenvalue weighted by atomic mass is 16.7. The minimum Gasteiger partial charge on any atom is -0.465 e. The van der Waals surface area contributed by atoms with Crippen molar-refractivity contribution in [1.29, 1.82) is 0 Å². The fraction of sp³-hybridized carbons (Fsp3) is 0.704. The Labute approximate surface area is 208 Å². The minimum absolute atomic E-state index is 0.00982. The van der Waals surface area contributed by atoms with E-state index in [1.165, 1.54) is 16.0 Å². The molecule has 2 amide bonds. The van der Waals surface area contributed by atoms with Crippen LogP contribution in [0.3, 0.4) is 0 Å². The third-order valence-electron chi connectivity index (χ3n) is 7.06. The van der Waals surface area contributed by atoms with Gasteiger partial charge in [-0.3, -0.25) is 4.79 Å². The van der Waals surface area contributed by atoms with Crippen LogP contribution in [0.15, 0.2) is 18.2 Å². The number of ether oxygens (including phenoxy) is 3. The molecule has 35 heavy (non-hydrogen) atoms. The standard InChI is InChI=1S/C27H40N2O6/c1-19(2)16-29(26(30)24-18-28(27(31)32)12-14-33-24)17-20-10-11-21-7-3-4-8-23(22(21)15-20)35-25-9-5-6-13-34-25/h10-11,15,19,23-25H,3-9,12-14,16-18H2,1-2H3,(H,31,32). The highest BCUT2D eigenvalue weighted by Gasteiger charge is 2.33. The van der Waals surface area contributed by atoms with Crippen molar-refractivity contribution in [1.82, 2.24) is 9.80 Å². The van der Waals surface area contributed by atoms with Gasteiger partial charge in [-0.1, -0.05) is 38.5 Å². The van der Waals surface area contributed by atoms with E-state index in [1.54, 1.807) is 0 Å². The van der Waals surface area contributed by atoms with Gasteiger partial charge in [0.1, 0.15) is 0 Å². The van der Waals surface area contributed by atoms with Crippen molar-refractivity contribution >= 4 is 12.0 Å². The summed E-state index contributed by atoms with van der Waals surface area (Å²) in [7, 11) is 0. The highest BCUT2D eigenvalue weighted by Crippen LogP contribution is 2.35. The van der Waals surface area contributed by atoms with Crippen molar-refractivity contribution in [3.05, 3.63) is 34.9 Å². The average Bonchev–Trinajstić information content (AvgIpc) is 3.05. The van der Waals surface area contributed by atoms with Gasteiger partial charge >= 0.3 is 6.09 Å². The first-order valence-electron chi connectivity index (χ1n) is 13.2. The summed E-state index contributed by atoms with van der Waals surface area (Å²) in [6, 6.07) is 6.51. The van der Waals surface area contributed by atoms with Gasteiger partial charge in [0.25, 0.3) is 5.91 Å². The van der Waals surface area contributed by atoms with Crippen LogP contribution in [0.25, 0.3) is 0 Å². The van der Waals surface area contributed by atoms with E-state index in [4.69, 9.17) is 14.2 Å². The number of aryl methyl sites for hydroxylation is 1. The lowest BCUT2D eigenvalue weighted by Crippen LogP contribution is -2.52. The molecule has 2 aliphatic heterocycles. The van der Waals surface area contributed by atoms with Crippen molar-refractivity contribution in [2.45, 2.75) is 83.8 Å². The molecule has 8 nitrogen and oxygen atoms in total. The summed E-state index contributed by atoms with van der Waals surface area (Å²) < 4.78 is 18.0. The molecule has 0 spiro atoms. The third-order valence-corrected chi connectivity index (χ3v) is 7.06. The maximum absolute atomic E-state index is 13.4. The summed E-state index contributed by atoms with van der Waals surface area (Å²) >= 11 is 0. The first-order valence-corrected chi connectivity index (χ1v) is 13.2. The zero-order valence-corrected chi connectivity index (χ0v) is 21.1. The van der Waals surface area contributed by atoms with Gasteiger partial charge in [0, 0.05) is 26.2 Å². The maximum Gasteiger partial charge on any atom is 0.407 e. The number of amides is 2. The molecule has 2 fully saturated rings. The molecule has 0 saturated carbocycles. The van der Waals surface area contributed by atoms with E-state index in [1.807, 2.05) is 4.90 Å². The van der Waals surface area contributed by atoms with Crippen molar-refractivity contribution in [3.8, 4) is 0 Å². The molecule has 3 aliphatic rings. The summed E-state index contributed by atoms with van der Waals surface area (Å²) in [4.78, 5) is 27.9. The lowest BCUT2D eigenvalue weighted by atomic mass is 9.97. The van der Waals surface area contributed by atoms with Crippen molar-refractivity contribution in [2.75, 3.05) is 32.8 Å². The van der Waals surface area contributed by atoms with E-state index >= 15 is 0 Å². The maximum atomic E-state index is 13.4.